The number of carboxylic acid groups (broad SMARTS) is 1. The van der Waals surface area contributed by atoms with Crippen molar-refractivity contribution in [2.75, 3.05) is 11.9 Å². The van der Waals surface area contributed by atoms with E-state index in [1.807, 2.05) is 30.3 Å². The van der Waals surface area contributed by atoms with Gasteiger partial charge in [-0.25, -0.2) is 14.6 Å². The number of nitrogens with zero attached hydrogens (tertiary/aromatic N) is 1. The second kappa shape index (κ2) is 9.92. The summed E-state index contributed by atoms with van der Waals surface area (Å²) >= 11 is 0. The van der Waals surface area contributed by atoms with E-state index in [9.17, 15) is 14.4 Å². The number of nitrogens with two attached hydrogens (primary N) is 1. The molecule has 0 saturated carbocycles. The summed E-state index contributed by atoms with van der Waals surface area (Å²) in [6, 6.07) is 15.8. The zero-order chi connectivity index (χ0) is 22.2. The van der Waals surface area contributed by atoms with Gasteiger partial charge in [-0.15, -0.1) is 0 Å². The fraction of sp³-hybridized carbons (Fsp3) is 0.143. The number of carbonyl (C=O) groups excluding carboxylic acids is 2. The molecule has 0 aliphatic heterocycles. The first-order chi connectivity index (χ1) is 14.9. The van der Waals surface area contributed by atoms with Gasteiger partial charge in [0.15, 0.2) is 12.3 Å². The van der Waals surface area contributed by atoms with Crippen molar-refractivity contribution in [2.24, 2.45) is 5.73 Å². The lowest BCUT2D eigenvalue weighted by Crippen LogP contribution is -2.19. The molecule has 0 aliphatic rings. The van der Waals surface area contributed by atoms with Crippen molar-refractivity contribution in [1.82, 2.24) is 9.97 Å². The molecule has 3 rings (SSSR count). The highest BCUT2D eigenvalue weighted by atomic mass is 16.5. The quantitative estimate of drug-likeness (QED) is 0.410. The van der Waals surface area contributed by atoms with Crippen LogP contribution in [0.25, 0.3) is 0 Å². The lowest BCUT2D eigenvalue weighted by Gasteiger charge is -2.06. The molecule has 1 heterocycles. The average molecular weight is 424 g/mol. The third-order valence-corrected chi connectivity index (χ3v) is 4.08. The summed E-state index contributed by atoms with van der Waals surface area (Å²) in [7, 11) is 0. The molecule has 0 spiro atoms. The Bertz CT molecular complexity index is 1060. The van der Waals surface area contributed by atoms with Gasteiger partial charge < -0.3 is 25.3 Å². The first-order valence-electron chi connectivity index (χ1n) is 9.20. The Morgan fingerprint density at radius 1 is 1.03 bits per heavy atom. The van der Waals surface area contributed by atoms with E-state index < -0.39 is 24.6 Å². The molecule has 3 aromatic rings. The molecule has 2 aromatic carbocycles. The number of nitrogens with one attached hydrogen (secondary N) is 2. The summed E-state index contributed by atoms with van der Waals surface area (Å²) in [5.74, 6) is -1.03. The van der Waals surface area contributed by atoms with Gasteiger partial charge in [0.05, 0.1) is 0 Å². The van der Waals surface area contributed by atoms with Crippen molar-refractivity contribution in [2.45, 2.75) is 13.0 Å². The van der Waals surface area contributed by atoms with E-state index in [2.05, 4.69) is 15.3 Å². The SMILES string of the molecule is NC(=O)c1nc(Cc2ccc(OCC(=O)O)cc2)[nH]c1NC(=O)OCc1ccccc1. The van der Waals surface area contributed by atoms with E-state index in [-0.39, 0.29) is 18.1 Å². The number of aromatic amines is 1. The van der Waals surface area contributed by atoms with Gasteiger partial charge in [0.2, 0.25) is 0 Å². The fourth-order valence-electron chi connectivity index (χ4n) is 2.68. The Morgan fingerprint density at radius 2 is 1.74 bits per heavy atom. The molecule has 10 nitrogen and oxygen atoms in total. The second-order valence-corrected chi connectivity index (χ2v) is 6.46. The Morgan fingerprint density at radius 3 is 2.39 bits per heavy atom. The van der Waals surface area contributed by atoms with Crippen LogP contribution in [0.5, 0.6) is 5.75 Å². The van der Waals surface area contributed by atoms with Gasteiger partial charge in [-0.1, -0.05) is 42.5 Å². The Labute approximate surface area is 177 Å². The summed E-state index contributed by atoms with van der Waals surface area (Å²) in [6.07, 6.45) is -0.457. The number of anilines is 1. The molecule has 31 heavy (non-hydrogen) atoms. The van der Waals surface area contributed by atoms with E-state index in [1.54, 1.807) is 24.3 Å². The number of rotatable bonds is 9. The Balaban J connectivity index is 1.63. The molecule has 160 valence electrons. The third-order valence-electron chi connectivity index (χ3n) is 4.08. The number of primary amides is 1. The van der Waals surface area contributed by atoms with Gasteiger partial charge in [-0.3, -0.25) is 10.1 Å². The first-order valence-corrected chi connectivity index (χ1v) is 9.20. The van der Waals surface area contributed by atoms with E-state index >= 15 is 0 Å². The average Bonchev–Trinajstić information content (AvgIpc) is 3.15. The van der Waals surface area contributed by atoms with Crippen LogP contribution in [0.2, 0.25) is 0 Å². The van der Waals surface area contributed by atoms with Gasteiger partial charge in [0.25, 0.3) is 5.91 Å². The summed E-state index contributed by atoms with van der Waals surface area (Å²) < 4.78 is 10.2. The number of benzene rings is 2. The van der Waals surface area contributed by atoms with E-state index in [0.717, 1.165) is 11.1 Å². The number of aromatic nitrogens is 2. The summed E-state index contributed by atoms with van der Waals surface area (Å²) in [6.45, 7) is -0.370. The van der Waals surface area contributed by atoms with E-state index in [4.69, 9.17) is 20.3 Å². The van der Waals surface area contributed by atoms with Gasteiger partial charge >= 0.3 is 12.1 Å². The number of hydrogen-bond acceptors (Lipinski definition) is 6. The minimum absolute atomic E-state index is 0.0435. The van der Waals surface area contributed by atoms with Crippen molar-refractivity contribution in [3.05, 3.63) is 77.2 Å². The molecule has 0 atom stereocenters. The molecule has 0 radical (unpaired) electrons. The first kappa shape index (κ1) is 21.4. The molecule has 5 N–H and O–H groups in total. The van der Waals surface area contributed by atoms with Gasteiger partial charge in [0, 0.05) is 6.42 Å². The fourth-order valence-corrected chi connectivity index (χ4v) is 2.68. The molecule has 2 amide bonds. The van der Waals surface area contributed by atoms with Crippen LogP contribution in [0.3, 0.4) is 0 Å². The highest BCUT2D eigenvalue weighted by Crippen LogP contribution is 2.18. The predicted octanol–water partition coefficient (Wildman–Crippen LogP) is 2.31. The van der Waals surface area contributed by atoms with Crippen molar-refractivity contribution in [1.29, 1.82) is 0 Å². The van der Waals surface area contributed by atoms with Crippen LogP contribution in [-0.4, -0.2) is 39.7 Å². The number of ether oxygens (including phenoxy) is 2. The molecule has 0 aliphatic carbocycles. The predicted molar refractivity (Wildman–Crippen MR) is 110 cm³/mol. The molecule has 0 saturated heterocycles. The highest BCUT2D eigenvalue weighted by molar-refractivity contribution is 5.99. The van der Waals surface area contributed by atoms with Crippen LogP contribution >= 0.6 is 0 Å². The number of carbonyl (C=O) groups is 3. The Hall–Kier alpha value is -4.34. The number of aliphatic carboxylic acids is 1. The number of hydrogen-bond donors (Lipinski definition) is 4. The lowest BCUT2D eigenvalue weighted by molar-refractivity contribution is -0.139. The van der Waals surface area contributed by atoms with Crippen LogP contribution < -0.4 is 15.8 Å². The van der Waals surface area contributed by atoms with Crippen LogP contribution in [-0.2, 0) is 22.6 Å². The monoisotopic (exact) mass is 424 g/mol. The third kappa shape index (κ3) is 6.32. The molecular formula is C21H20N4O6. The normalized spacial score (nSPS) is 10.3. The number of imidazole rings is 1. The highest BCUT2D eigenvalue weighted by Gasteiger charge is 2.18. The molecule has 1 aromatic heterocycles. The smallest absolute Gasteiger partial charge is 0.413 e. The number of H-pyrrole nitrogens is 1. The van der Waals surface area contributed by atoms with Gasteiger partial charge in [0.1, 0.15) is 24.0 Å². The maximum atomic E-state index is 12.1. The second-order valence-electron chi connectivity index (χ2n) is 6.46. The molecule has 0 bridgehead atoms. The van der Waals surface area contributed by atoms with Crippen molar-refractivity contribution in [3.63, 3.8) is 0 Å². The Kier molecular flexibility index (Phi) is 6.84. The maximum Gasteiger partial charge on any atom is 0.413 e. The van der Waals surface area contributed by atoms with Crippen LogP contribution in [0, 0.1) is 0 Å². The summed E-state index contributed by atoms with van der Waals surface area (Å²) in [4.78, 5) is 41.3. The van der Waals surface area contributed by atoms with Gasteiger partial charge in [-0.2, -0.15) is 0 Å². The topological polar surface area (TPSA) is 157 Å². The summed E-state index contributed by atoms with van der Waals surface area (Å²) in [5.41, 5.74) is 6.87. The van der Waals surface area contributed by atoms with Gasteiger partial charge in [-0.05, 0) is 23.3 Å². The number of carboxylic acids is 1. The minimum atomic E-state index is -1.07. The zero-order valence-corrected chi connectivity index (χ0v) is 16.3. The minimum Gasteiger partial charge on any atom is -0.482 e. The zero-order valence-electron chi connectivity index (χ0n) is 16.3. The van der Waals surface area contributed by atoms with E-state index in [1.165, 1.54) is 0 Å². The lowest BCUT2D eigenvalue weighted by atomic mass is 10.1. The van der Waals surface area contributed by atoms with Crippen molar-refractivity contribution < 1.29 is 29.0 Å². The number of amides is 2. The molecule has 0 fully saturated rings. The van der Waals surface area contributed by atoms with Crippen LogP contribution in [0.4, 0.5) is 10.6 Å². The maximum absolute atomic E-state index is 12.1. The summed E-state index contributed by atoms with van der Waals surface area (Å²) in [5, 5.41) is 11.1. The van der Waals surface area contributed by atoms with Crippen LogP contribution in [0.15, 0.2) is 54.6 Å². The van der Waals surface area contributed by atoms with E-state index in [0.29, 0.717) is 18.0 Å². The standard InChI is InChI=1S/C21H20N4O6/c22-19(28)18-20(25-21(29)31-11-14-4-2-1-3-5-14)24-16(23-18)10-13-6-8-15(9-7-13)30-12-17(26)27/h1-9H,10-12H2,(H2,22,28)(H,23,24)(H,25,29)(H,26,27). The molecule has 10 heteroatoms. The van der Waals surface area contributed by atoms with Crippen LogP contribution in [0.1, 0.15) is 27.4 Å². The molecule has 0 unspecified atom stereocenters. The van der Waals surface area contributed by atoms with Crippen molar-refractivity contribution >= 4 is 23.8 Å². The van der Waals surface area contributed by atoms with Crippen molar-refractivity contribution in [3.8, 4) is 5.75 Å². The molecular weight excluding hydrogens is 404 g/mol. The largest absolute Gasteiger partial charge is 0.482 e.